The lowest BCUT2D eigenvalue weighted by Crippen LogP contribution is -2.06. The zero-order valence-electron chi connectivity index (χ0n) is 10.7. The van der Waals surface area contributed by atoms with Crippen LogP contribution >= 0.6 is 22.9 Å². The Labute approximate surface area is 128 Å². The summed E-state index contributed by atoms with van der Waals surface area (Å²) >= 11 is 6.77. The number of hydrogen-bond donors (Lipinski definition) is 0. The highest BCUT2D eigenvalue weighted by Gasteiger charge is 2.35. The number of alkyl halides is 3. The normalized spacial score (nSPS) is 15.2. The maximum absolute atomic E-state index is 13.1. The molecular formula is C15H10ClF3OS. The highest BCUT2D eigenvalue weighted by Crippen LogP contribution is 2.42. The van der Waals surface area contributed by atoms with Crippen LogP contribution in [0.5, 0.6) is 0 Å². The zero-order valence-corrected chi connectivity index (χ0v) is 12.3. The topological polar surface area (TPSA) is 17.1 Å². The lowest BCUT2D eigenvalue weighted by Gasteiger charge is -2.12. The summed E-state index contributed by atoms with van der Waals surface area (Å²) < 4.78 is 39.3. The van der Waals surface area contributed by atoms with E-state index in [0.29, 0.717) is 9.75 Å². The molecule has 0 spiro atoms. The summed E-state index contributed by atoms with van der Waals surface area (Å²) in [6, 6.07) is 6.86. The molecule has 0 aliphatic heterocycles. The largest absolute Gasteiger partial charge is 0.417 e. The van der Waals surface area contributed by atoms with Crippen LogP contribution in [0.4, 0.5) is 13.2 Å². The Morgan fingerprint density at radius 2 is 1.90 bits per heavy atom. The molecule has 1 fully saturated rings. The minimum absolute atomic E-state index is 0.0359. The minimum Gasteiger partial charge on any atom is -0.293 e. The van der Waals surface area contributed by atoms with Gasteiger partial charge in [0.2, 0.25) is 0 Å². The number of hydrogen-bond acceptors (Lipinski definition) is 2. The fourth-order valence-electron chi connectivity index (χ4n) is 2.13. The molecule has 0 amide bonds. The number of halogens is 4. The number of thiophene rings is 1. The molecule has 1 aliphatic rings. The second-order valence-corrected chi connectivity index (χ2v) is 6.51. The summed E-state index contributed by atoms with van der Waals surface area (Å²) in [6.07, 6.45) is -2.73. The van der Waals surface area contributed by atoms with Crippen LogP contribution in [0.15, 0.2) is 30.3 Å². The number of ketones is 1. The third-order valence-corrected chi connectivity index (χ3v) is 4.72. The molecule has 3 rings (SSSR count). The molecule has 1 heterocycles. The molecule has 2 aromatic rings. The maximum Gasteiger partial charge on any atom is 0.417 e. The molecule has 1 aromatic heterocycles. The quantitative estimate of drug-likeness (QED) is 0.662. The number of Topliss-reactive ketones (excluding diaryl/α,β-unsaturated/α-hetero) is 1. The van der Waals surface area contributed by atoms with Crippen molar-refractivity contribution in [1.82, 2.24) is 0 Å². The molecule has 0 bridgehead atoms. The molecule has 0 atom stereocenters. The van der Waals surface area contributed by atoms with Gasteiger partial charge in [-0.3, -0.25) is 4.79 Å². The second-order valence-electron chi connectivity index (χ2n) is 4.99. The van der Waals surface area contributed by atoms with Gasteiger partial charge in [0.05, 0.1) is 10.4 Å². The van der Waals surface area contributed by atoms with Crippen molar-refractivity contribution >= 4 is 28.7 Å². The molecule has 1 saturated carbocycles. The van der Waals surface area contributed by atoms with Gasteiger partial charge in [0, 0.05) is 21.4 Å². The van der Waals surface area contributed by atoms with E-state index in [1.54, 1.807) is 12.1 Å². The van der Waals surface area contributed by atoms with Crippen molar-refractivity contribution in [2.24, 2.45) is 5.92 Å². The predicted molar refractivity (Wildman–Crippen MR) is 76.8 cm³/mol. The summed E-state index contributed by atoms with van der Waals surface area (Å²) in [5, 5.41) is 0.0388. The number of carbonyl (C=O) groups excluding carboxylic acids is 1. The van der Waals surface area contributed by atoms with Crippen molar-refractivity contribution in [3.8, 4) is 10.4 Å². The molecule has 110 valence electrons. The lowest BCUT2D eigenvalue weighted by molar-refractivity contribution is -0.137. The Hall–Kier alpha value is -1.33. The van der Waals surface area contributed by atoms with Crippen LogP contribution in [0, 0.1) is 5.92 Å². The van der Waals surface area contributed by atoms with Gasteiger partial charge in [-0.1, -0.05) is 17.7 Å². The predicted octanol–water partition coefficient (Wildman–Crippen LogP) is 5.68. The van der Waals surface area contributed by atoms with E-state index >= 15 is 0 Å². The molecule has 1 nitrogen and oxygen atoms in total. The van der Waals surface area contributed by atoms with E-state index in [0.717, 1.165) is 30.2 Å². The third-order valence-electron chi connectivity index (χ3n) is 3.35. The summed E-state index contributed by atoms with van der Waals surface area (Å²) in [6.45, 7) is 0. The first-order chi connectivity index (χ1) is 9.86. The van der Waals surface area contributed by atoms with Crippen LogP contribution in [0.2, 0.25) is 5.02 Å². The van der Waals surface area contributed by atoms with Crippen LogP contribution in [-0.2, 0) is 6.18 Å². The van der Waals surface area contributed by atoms with Gasteiger partial charge in [-0.25, -0.2) is 0 Å². The van der Waals surface area contributed by atoms with Crippen molar-refractivity contribution in [2.75, 3.05) is 0 Å². The van der Waals surface area contributed by atoms with Crippen molar-refractivity contribution in [3.63, 3.8) is 0 Å². The van der Waals surface area contributed by atoms with E-state index in [9.17, 15) is 18.0 Å². The summed E-state index contributed by atoms with van der Waals surface area (Å²) in [5.41, 5.74) is -0.714. The summed E-state index contributed by atoms with van der Waals surface area (Å²) in [4.78, 5) is 12.9. The van der Waals surface area contributed by atoms with Gasteiger partial charge in [-0.05, 0) is 37.1 Å². The van der Waals surface area contributed by atoms with Gasteiger partial charge in [-0.15, -0.1) is 11.3 Å². The van der Waals surface area contributed by atoms with Gasteiger partial charge in [-0.2, -0.15) is 13.2 Å². The zero-order chi connectivity index (χ0) is 15.2. The van der Waals surface area contributed by atoms with Gasteiger partial charge in [0.15, 0.2) is 5.78 Å². The second kappa shape index (κ2) is 5.14. The van der Waals surface area contributed by atoms with Crippen LogP contribution in [0.1, 0.15) is 28.1 Å². The Balaban J connectivity index is 2.02. The Morgan fingerprint density at radius 3 is 2.52 bits per heavy atom. The first-order valence-corrected chi connectivity index (χ1v) is 7.57. The van der Waals surface area contributed by atoms with E-state index in [2.05, 4.69) is 0 Å². The van der Waals surface area contributed by atoms with E-state index in [4.69, 9.17) is 11.6 Å². The fourth-order valence-corrected chi connectivity index (χ4v) is 3.36. The smallest absolute Gasteiger partial charge is 0.293 e. The van der Waals surface area contributed by atoms with Gasteiger partial charge < -0.3 is 0 Å². The van der Waals surface area contributed by atoms with Gasteiger partial charge >= 0.3 is 6.18 Å². The molecule has 21 heavy (non-hydrogen) atoms. The van der Waals surface area contributed by atoms with Crippen LogP contribution in [0.25, 0.3) is 10.4 Å². The molecule has 0 unspecified atom stereocenters. The average molecular weight is 331 g/mol. The van der Waals surface area contributed by atoms with Crippen molar-refractivity contribution in [3.05, 3.63) is 45.8 Å². The Morgan fingerprint density at radius 1 is 1.19 bits per heavy atom. The van der Waals surface area contributed by atoms with Gasteiger partial charge in [0.1, 0.15) is 0 Å². The molecule has 1 aliphatic carbocycles. The summed E-state index contributed by atoms with van der Waals surface area (Å²) in [7, 11) is 0. The van der Waals surface area contributed by atoms with E-state index in [1.807, 2.05) is 0 Å². The average Bonchev–Trinajstić information content (AvgIpc) is 3.15. The first kappa shape index (κ1) is 14.6. The van der Waals surface area contributed by atoms with Crippen LogP contribution in [0.3, 0.4) is 0 Å². The van der Waals surface area contributed by atoms with Crippen LogP contribution in [-0.4, -0.2) is 5.78 Å². The van der Waals surface area contributed by atoms with E-state index in [-0.39, 0.29) is 22.3 Å². The first-order valence-electron chi connectivity index (χ1n) is 6.37. The molecule has 0 radical (unpaired) electrons. The van der Waals surface area contributed by atoms with Crippen molar-refractivity contribution in [2.45, 2.75) is 19.0 Å². The van der Waals surface area contributed by atoms with Gasteiger partial charge in [0.25, 0.3) is 0 Å². The minimum atomic E-state index is -4.48. The maximum atomic E-state index is 13.1. The molecular weight excluding hydrogens is 321 g/mol. The molecule has 0 saturated heterocycles. The number of benzene rings is 1. The molecule has 6 heteroatoms. The highest BCUT2D eigenvalue weighted by atomic mass is 35.5. The summed E-state index contributed by atoms with van der Waals surface area (Å²) in [5.74, 6) is 0.0950. The standard InChI is InChI=1S/C15H10ClF3OS/c16-9-3-4-10(11(7-9)15(17,18)19)12-5-6-13(21-12)14(20)8-1-2-8/h3-8H,1-2H2. The number of carbonyl (C=O) groups is 1. The third kappa shape index (κ3) is 2.99. The lowest BCUT2D eigenvalue weighted by atomic mass is 10.1. The molecule has 1 aromatic carbocycles. The highest BCUT2D eigenvalue weighted by molar-refractivity contribution is 7.17. The molecule has 0 N–H and O–H groups in total. The van der Waals surface area contributed by atoms with Crippen molar-refractivity contribution in [1.29, 1.82) is 0 Å². The van der Waals surface area contributed by atoms with Crippen LogP contribution < -0.4 is 0 Å². The van der Waals surface area contributed by atoms with Crippen molar-refractivity contribution < 1.29 is 18.0 Å². The Bertz CT molecular complexity index is 701. The monoisotopic (exact) mass is 330 g/mol. The van der Waals surface area contributed by atoms with E-state index in [1.165, 1.54) is 12.1 Å². The Kier molecular flexibility index (Phi) is 3.58. The fraction of sp³-hybridized carbons (Fsp3) is 0.267. The number of rotatable bonds is 3. The SMILES string of the molecule is O=C(c1ccc(-c2ccc(Cl)cc2C(F)(F)F)s1)C1CC1. The van der Waals surface area contributed by atoms with E-state index < -0.39 is 11.7 Å².